The lowest BCUT2D eigenvalue weighted by Crippen LogP contribution is -2.41. The quantitative estimate of drug-likeness (QED) is 0.695. The highest BCUT2D eigenvalue weighted by molar-refractivity contribution is 6.54. The lowest BCUT2D eigenvalue weighted by Gasteiger charge is -2.32. The smallest absolute Gasteiger partial charge is 0.400 e. The van der Waals surface area contributed by atoms with Gasteiger partial charge < -0.3 is 14.0 Å². The molecule has 2 fully saturated rings. The number of benzene rings is 1. The van der Waals surface area contributed by atoms with Gasteiger partial charge in [-0.05, 0) is 58.0 Å². The highest BCUT2D eigenvalue weighted by atomic mass is 16.7. The zero-order valence-corrected chi connectivity index (χ0v) is 18.3. The van der Waals surface area contributed by atoms with Gasteiger partial charge in [-0.1, -0.05) is 36.4 Å². The predicted molar refractivity (Wildman–Crippen MR) is 115 cm³/mol. The maximum absolute atomic E-state index is 6.28. The van der Waals surface area contributed by atoms with Crippen LogP contribution < -0.4 is 0 Å². The Morgan fingerprint density at radius 2 is 1.77 bits per heavy atom. The summed E-state index contributed by atoms with van der Waals surface area (Å²) in [7, 11) is -0.338. The van der Waals surface area contributed by atoms with Crippen molar-refractivity contribution in [1.82, 2.24) is 14.8 Å². The molecule has 7 heteroatoms. The van der Waals surface area contributed by atoms with Crippen molar-refractivity contribution in [3.63, 3.8) is 0 Å². The van der Waals surface area contributed by atoms with Crippen LogP contribution in [0.4, 0.5) is 0 Å². The van der Waals surface area contributed by atoms with Gasteiger partial charge in [-0.15, -0.1) is 0 Å². The molecule has 158 valence electrons. The number of rotatable bonds is 5. The fraction of sp³-hybridized carbons (Fsp3) is 0.565. The van der Waals surface area contributed by atoms with Gasteiger partial charge in [0.05, 0.1) is 24.4 Å². The molecule has 2 aromatic rings. The lowest BCUT2D eigenvalue weighted by molar-refractivity contribution is 0.00578. The second kappa shape index (κ2) is 7.33. The van der Waals surface area contributed by atoms with Crippen molar-refractivity contribution in [1.29, 1.82) is 0 Å². The Morgan fingerprint density at radius 1 is 1.07 bits per heavy atom. The van der Waals surface area contributed by atoms with Crippen molar-refractivity contribution < 1.29 is 14.0 Å². The molecule has 0 amide bonds. The standard InChI is InChI=1S/C23H30BN3O3/c1-22(2)23(3,4)30-24(29-22)18-12-13-28-19(14-18)21-25-20(17-10-11-17)26-27(21)15-16-8-6-5-7-9-16/h5-9,14,17,19H,10-13,15H2,1-4H3. The minimum atomic E-state index is -0.348. The van der Waals surface area contributed by atoms with E-state index in [4.69, 9.17) is 24.1 Å². The Kier molecular flexibility index (Phi) is 4.88. The summed E-state index contributed by atoms with van der Waals surface area (Å²) in [5.41, 5.74) is 1.64. The molecule has 1 saturated heterocycles. The number of nitrogens with zero attached hydrogens (tertiary/aromatic N) is 3. The van der Waals surface area contributed by atoms with E-state index >= 15 is 0 Å². The summed E-state index contributed by atoms with van der Waals surface area (Å²) in [4.78, 5) is 4.91. The Hall–Kier alpha value is -1.96. The van der Waals surface area contributed by atoms with Crippen LogP contribution in [0.25, 0.3) is 0 Å². The maximum atomic E-state index is 6.28. The summed E-state index contributed by atoms with van der Waals surface area (Å²) in [6, 6.07) is 10.4. The van der Waals surface area contributed by atoms with E-state index in [1.165, 1.54) is 18.4 Å². The first-order valence-electron chi connectivity index (χ1n) is 11.0. The molecule has 0 N–H and O–H groups in total. The largest absolute Gasteiger partial charge is 0.490 e. The Labute approximate surface area is 178 Å². The monoisotopic (exact) mass is 407 g/mol. The number of hydrogen-bond donors (Lipinski definition) is 0. The van der Waals surface area contributed by atoms with Gasteiger partial charge in [0, 0.05) is 5.92 Å². The molecule has 1 unspecified atom stereocenters. The van der Waals surface area contributed by atoms with Gasteiger partial charge in [0.1, 0.15) is 6.10 Å². The van der Waals surface area contributed by atoms with E-state index in [0.717, 1.165) is 23.5 Å². The first-order chi connectivity index (χ1) is 14.3. The highest BCUT2D eigenvalue weighted by Crippen LogP contribution is 2.41. The molecule has 0 spiro atoms. The fourth-order valence-electron chi connectivity index (χ4n) is 3.94. The normalized spacial score (nSPS) is 25.4. The van der Waals surface area contributed by atoms with Gasteiger partial charge in [-0.3, -0.25) is 0 Å². The molecule has 1 aromatic heterocycles. The Bertz CT molecular complexity index is 934. The SMILES string of the molecule is CC1(C)OB(C2=CC(c3nc(C4CC4)nn3Cc3ccccc3)OCC2)OC1(C)C. The molecule has 1 atom stereocenters. The second-order valence-corrected chi connectivity index (χ2v) is 9.62. The van der Waals surface area contributed by atoms with Crippen LogP contribution in [-0.2, 0) is 20.6 Å². The molecule has 5 rings (SSSR count). The Morgan fingerprint density at radius 3 is 2.43 bits per heavy atom. The van der Waals surface area contributed by atoms with Gasteiger partial charge in [0.15, 0.2) is 11.6 Å². The van der Waals surface area contributed by atoms with Crippen molar-refractivity contribution in [3.8, 4) is 0 Å². The van der Waals surface area contributed by atoms with E-state index in [1.807, 2.05) is 10.7 Å². The molecule has 1 aliphatic carbocycles. The summed E-state index contributed by atoms with van der Waals surface area (Å²) in [5.74, 6) is 2.31. The third kappa shape index (κ3) is 3.75. The van der Waals surface area contributed by atoms with Crippen molar-refractivity contribution in [2.45, 2.75) is 76.7 Å². The van der Waals surface area contributed by atoms with Gasteiger partial charge >= 0.3 is 7.12 Å². The van der Waals surface area contributed by atoms with E-state index in [-0.39, 0.29) is 24.4 Å². The molecule has 6 nitrogen and oxygen atoms in total. The summed E-state index contributed by atoms with van der Waals surface area (Å²) in [6.07, 6.45) is 5.05. The molecule has 3 heterocycles. The third-order valence-electron chi connectivity index (χ3n) is 6.70. The first-order valence-corrected chi connectivity index (χ1v) is 11.0. The second-order valence-electron chi connectivity index (χ2n) is 9.62. The molecule has 1 aromatic carbocycles. The molecule has 2 aliphatic heterocycles. The van der Waals surface area contributed by atoms with E-state index in [1.54, 1.807) is 0 Å². The molecule has 30 heavy (non-hydrogen) atoms. The Balaban J connectivity index is 1.44. The zero-order chi connectivity index (χ0) is 20.9. The lowest BCUT2D eigenvalue weighted by atomic mass is 9.74. The van der Waals surface area contributed by atoms with E-state index < -0.39 is 0 Å². The average Bonchev–Trinajstić information content (AvgIpc) is 3.44. The van der Waals surface area contributed by atoms with Gasteiger partial charge in [0.2, 0.25) is 0 Å². The average molecular weight is 407 g/mol. The number of hydrogen-bond acceptors (Lipinski definition) is 5. The topological polar surface area (TPSA) is 58.4 Å². The summed E-state index contributed by atoms with van der Waals surface area (Å²) >= 11 is 0. The summed E-state index contributed by atoms with van der Waals surface area (Å²) < 4.78 is 20.7. The fourth-order valence-corrected chi connectivity index (χ4v) is 3.94. The van der Waals surface area contributed by atoms with Crippen molar-refractivity contribution in [2.75, 3.05) is 6.61 Å². The van der Waals surface area contributed by atoms with Gasteiger partial charge in [-0.25, -0.2) is 9.67 Å². The zero-order valence-electron chi connectivity index (χ0n) is 18.3. The van der Waals surface area contributed by atoms with Crippen LogP contribution in [0.15, 0.2) is 41.9 Å². The van der Waals surface area contributed by atoms with Crippen LogP contribution in [0.2, 0.25) is 0 Å². The molecule has 0 bridgehead atoms. The minimum Gasteiger partial charge on any atom is -0.400 e. The minimum absolute atomic E-state index is 0.239. The summed E-state index contributed by atoms with van der Waals surface area (Å²) in [6.45, 7) is 9.66. The molecular weight excluding hydrogens is 377 g/mol. The van der Waals surface area contributed by atoms with Crippen molar-refractivity contribution in [3.05, 3.63) is 59.1 Å². The molecule has 3 aliphatic rings. The predicted octanol–water partition coefficient (Wildman–Crippen LogP) is 4.22. The first kappa shape index (κ1) is 20.0. The van der Waals surface area contributed by atoms with Crippen LogP contribution in [0.3, 0.4) is 0 Å². The number of aromatic nitrogens is 3. The van der Waals surface area contributed by atoms with E-state index in [2.05, 4.69) is 58.0 Å². The van der Waals surface area contributed by atoms with Crippen LogP contribution in [0.1, 0.15) is 76.2 Å². The molecule has 0 radical (unpaired) electrons. The van der Waals surface area contributed by atoms with Crippen molar-refractivity contribution in [2.24, 2.45) is 0 Å². The van der Waals surface area contributed by atoms with Crippen LogP contribution in [-0.4, -0.2) is 39.7 Å². The van der Waals surface area contributed by atoms with Crippen LogP contribution in [0.5, 0.6) is 0 Å². The third-order valence-corrected chi connectivity index (χ3v) is 6.70. The van der Waals surface area contributed by atoms with E-state index in [9.17, 15) is 0 Å². The van der Waals surface area contributed by atoms with Gasteiger partial charge in [-0.2, -0.15) is 5.10 Å². The summed E-state index contributed by atoms with van der Waals surface area (Å²) in [5, 5.41) is 4.85. The van der Waals surface area contributed by atoms with E-state index in [0.29, 0.717) is 19.1 Å². The molecule has 1 saturated carbocycles. The highest BCUT2D eigenvalue weighted by Gasteiger charge is 2.52. The van der Waals surface area contributed by atoms with Crippen LogP contribution in [0, 0.1) is 0 Å². The maximum Gasteiger partial charge on any atom is 0.490 e. The molecular formula is C23H30BN3O3. The number of ether oxygens (including phenoxy) is 1. The van der Waals surface area contributed by atoms with Gasteiger partial charge in [0.25, 0.3) is 0 Å². The van der Waals surface area contributed by atoms with Crippen molar-refractivity contribution >= 4 is 7.12 Å². The van der Waals surface area contributed by atoms with Crippen LogP contribution >= 0.6 is 0 Å².